The van der Waals surface area contributed by atoms with E-state index < -0.39 is 0 Å². The zero-order chi connectivity index (χ0) is 17.8. The number of rotatable bonds is 7. The zero-order valence-electron chi connectivity index (χ0n) is 14.1. The van der Waals surface area contributed by atoms with Gasteiger partial charge in [0.1, 0.15) is 18.1 Å². The Morgan fingerprint density at radius 3 is 2.85 bits per heavy atom. The molecule has 0 atom stereocenters. The molecule has 3 aromatic heterocycles. The van der Waals surface area contributed by atoms with Crippen molar-refractivity contribution in [1.82, 2.24) is 19.6 Å². The standard InChI is InChI=1S/C18H17N5O2S/c1-24-15-9-13(10-19-11-15)16-12-21-18-23(16)22-17(26-18)20-7-8-25-14-5-3-2-4-6-14/h2-6,9-12H,7-8H2,1H3,(H,20,22). The first kappa shape index (κ1) is 16.3. The first-order valence-corrected chi connectivity index (χ1v) is 8.91. The summed E-state index contributed by atoms with van der Waals surface area (Å²) in [6.45, 7) is 1.21. The minimum absolute atomic E-state index is 0.554. The SMILES string of the molecule is COc1cncc(-c2cnc3sc(NCCOc4ccccc4)nn23)c1. The predicted octanol–water partition coefficient (Wildman–Crippen LogP) is 3.35. The van der Waals surface area contributed by atoms with Gasteiger partial charge in [-0.25, -0.2) is 9.50 Å². The van der Waals surface area contributed by atoms with E-state index in [4.69, 9.17) is 9.47 Å². The number of fused-ring (bicyclic) bond motifs is 1. The molecule has 0 saturated heterocycles. The van der Waals surface area contributed by atoms with Crippen LogP contribution >= 0.6 is 11.3 Å². The normalized spacial score (nSPS) is 10.8. The lowest BCUT2D eigenvalue weighted by Crippen LogP contribution is -2.11. The molecule has 4 rings (SSSR count). The fourth-order valence-corrected chi connectivity index (χ4v) is 3.28. The van der Waals surface area contributed by atoms with Crippen molar-refractivity contribution in [1.29, 1.82) is 0 Å². The number of hydrogen-bond donors (Lipinski definition) is 1. The van der Waals surface area contributed by atoms with Crippen LogP contribution in [0.1, 0.15) is 0 Å². The number of imidazole rings is 1. The Kier molecular flexibility index (Phi) is 4.65. The highest BCUT2D eigenvalue weighted by molar-refractivity contribution is 7.20. The fourth-order valence-electron chi connectivity index (χ4n) is 2.48. The van der Waals surface area contributed by atoms with Gasteiger partial charge in [0.15, 0.2) is 0 Å². The highest BCUT2D eigenvalue weighted by Crippen LogP contribution is 2.27. The van der Waals surface area contributed by atoms with Gasteiger partial charge >= 0.3 is 0 Å². The number of para-hydroxylation sites is 1. The second-order valence-corrected chi connectivity index (χ2v) is 6.40. The van der Waals surface area contributed by atoms with Crippen molar-refractivity contribution >= 4 is 21.4 Å². The van der Waals surface area contributed by atoms with Crippen molar-refractivity contribution in [3.63, 3.8) is 0 Å². The molecule has 0 amide bonds. The third kappa shape index (κ3) is 3.45. The van der Waals surface area contributed by atoms with Gasteiger partial charge in [-0.05, 0) is 18.2 Å². The lowest BCUT2D eigenvalue weighted by atomic mass is 10.2. The van der Waals surface area contributed by atoms with Crippen LogP contribution in [-0.2, 0) is 0 Å². The van der Waals surface area contributed by atoms with Crippen molar-refractivity contribution in [2.45, 2.75) is 0 Å². The average Bonchev–Trinajstić information content (AvgIpc) is 3.26. The Morgan fingerprint density at radius 2 is 2.00 bits per heavy atom. The Hall–Kier alpha value is -3.13. The highest BCUT2D eigenvalue weighted by Gasteiger charge is 2.12. The van der Waals surface area contributed by atoms with Crippen molar-refractivity contribution in [3.8, 4) is 22.8 Å². The molecule has 26 heavy (non-hydrogen) atoms. The molecule has 0 saturated carbocycles. The third-order valence-corrected chi connectivity index (χ3v) is 4.60. The van der Waals surface area contributed by atoms with Gasteiger partial charge in [0, 0.05) is 11.8 Å². The summed E-state index contributed by atoms with van der Waals surface area (Å²) in [4.78, 5) is 9.43. The first-order chi connectivity index (χ1) is 12.8. The monoisotopic (exact) mass is 367 g/mol. The Bertz CT molecular complexity index is 999. The van der Waals surface area contributed by atoms with Gasteiger partial charge in [0.05, 0.1) is 31.7 Å². The smallest absolute Gasteiger partial charge is 0.214 e. The Labute approximate surface area is 154 Å². The van der Waals surface area contributed by atoms with Gasteiger partial charge in [-0.15, -0.1) is 5.10 Å². The molecular weight excluding hydrogens is 350 g/mol. The maximum atomic E-state index is 5.67. The van der Waals surface area contributed by atoms with Gasteiger partial charge in [-0.2, -0.15) is 0 Å². The van der Waals surface area contributed by atoms with E-state index in [1.807, 2.05) is 40.9 Å². The van der Waals surface area contributed by atoms with E-state index in [0.717, 1.165) is 27.1 Å². The highest BCUT2D eigenvalue weighted by atomic mass is 32.1. The molecule has 7 nitrogen and oxygen atoms in total. The van der Waals surface area contributed by atoms with Crippen molar-refractivity contribution in [3.05, 3.63) is 55.0 Å². The van der Waals surface area contributed by atoms with Gasteiger partial charge in [0.25, 0.3) is 0 Å². The van der Waals surface area contributed by atoms with Crippen LogP contribution in [0.25, 0.3) is 16.2 Å². The van der Waals surface area contributed by atoms with Crippen molar-refractivity contribution < 1.29 is 9.47 Å². The fraction of sp³-hybridized carbons (Fsp3) is 0.167. The molecule has 0 aliphatic rings. The van der Waals surface area contributed by atoms with Gasteiger partial charge < -0.3 is 14.8 Å². The van der Waals surface area contributed by atoms with E-state index in [2.05, 4.69) is 20.4 Å². The van der Waals surface area contributed by atoms with Crippen LogP contribution in [0.2, 0.25) is 0 Å². The van der Waals surface area contributed by atoms with E-state index in [0.29, 0.717) is 18.9 Å². The minimum Gasteiger partial charge on any atom is -0.495 e. The van der Waals surface area contributed by atoms with E-state index in [1.165, 1.54) is 11.3 Å². The van der Waals surface area contributed by atoms with E-state index in [-0.39, 0.29) is 0 Å². The lowest BCUT2D eigenvalue weighted by Gasteiger charge is -2.06. The molecule has 0 spiro atoms. The van der Waals surface area contributed by atoms with Crippen LogP contribution in [0.5, 0.6) is 11.5 Å². The van der Waals surface area contributed by atoms with Crippen LogP contribution in [0.3, 0.4) is 0 Å². The van der Waals surface area contributed by atoms with E-state index in [1.54, 1.807) is 25.7 Å². The third-order valence-electron chi connectivity index (χ3n) is 3.72. The predicted molar refractivity (Wildman–Crippen MR) is 101 cm³/mol. The van der Waals surface area contributed by atoms with Crippen LogP contribution in [0, 0.1) is 0 Å². The average molecular weight is 367 g/mol. The molecule has 0 bridgehead atoms. The quantitative estimate of drug-likeness (QED) is 0.505. The van der Waals surface area contributed by atoms with E-state index >= 15 is 0 Å². The molecule has 1 N–H and O–H groups in total. The molecule has 132 valence electrons. The van der Waals surface area contributed by atoms with Crippen LogP contribution in [0.15, 0.2) is 55.0 Å². The Balaban J connectivity index is 1.44. The second-order valence-electron chi connectivity index (χ2n) is 5.45. The molecule has 0 unspecified atom stereocenters. The number of pyridine rings is 1. The molecule has 1 aromatic carbocycles. The lowest BCUT2D eigenvalue weighted by molar-refractivity contribution is 0.333. The number of methoxy groups -OCH3 is 1. The molecule has 4 aromatic rings. The summed E-state index contributed by atoms with van der Waals surface area (Å²) in [6, 6.07) is 11.7. The van der Waals surface area contributed by atoms with Gasteiger partial charge in [0.2, 0.25) is 10.1 Å². The number of hydrogen-bond acceptors (Lipinski definition) is 7. The Morgan fingerprint density at radius 1 is 1.12 bits per heavy atom. The summed E-state index contributed by atoms with van der Waals surface area (Å²) in [6.07, 6.45) is 5.23. The number of nitrogens with zero attached hydrogens (tertiary/aromatic N) is 4. The maximum absolute atomic E-state index is 5.67. The summed E-state index contributed by atoms with van der Waals surface area (Å²) in [5.41, 5.74) is 1.78. The van der Waals surface area contributed by atoms with E-state index in [9.17, 15) is 0 Å². The number of nitrogens with one attached hydrogen (secondary N) is 1. The summed E-state index contributed by atoms with van der Waals surface area (Å²) in [5.74, 6) is 1.56. The molecule has 8 heteroatoms. The van der Waals surface area contributed by atoms with Gasteiger partial charge in [-0.3, -0.25) is 4.98 Å². The van der Waals surface area contributed by atoms with Crippen LogP contribution < -0.4 is 14.8 Å². The zero-order valence-corrected chi connectivity index (χ0v) is 14.9. The molecule has 0 aliphatic heterocycles. The minimum atomic E-state index is 0.554. The molecule has 0 fully saturated rings. The number of aromatic nitrogens is 4. The largest absolute Gasteiger partial charge is 0.495 e. The maximum Gasteiger partial charge on any atom is 0.214 e. The summed E-state index contributed by atoms with van der Waals surface area (Å²) >= 11 is 1.49. The summed E-state index contributed by atoms with van der Waals surface area (Å²) in [5, 5.41) is 8.65. The molecule has 3 heterocycles. The summed E-state index contributed by atoms with van der Waals surface area (Å²) < 4.78 is 12.7. The van der Waals surface area contributed by atoms with Gasteiger partial charge in [-0.1, -0.05) is 29.5 Å². The topological polar surface area (TPSA) is 73.6 Å². The molecular formula is C18H17N5O2S. The van der Waals surface area contributed by atoms with Crippen molar-refractivity contribution in [2.75, 3.05) is 25.6 Å². The number of anilines is 1. The second kappa shape index (κ2) is 7.40. The molecule has 0 aliphatic carbocycles. The van der Waals surface area contributed by atoms with Crippen molar-refractivity contribution in [2.24, 2.45) is 0 Å². The van der Waals surface area contributed by atoms with Crippen LogP contribution in [0.4, 0.5) is 5.13 Å². The molecule has 0 radical (unpaired) electrons. The number of ether oxygens (including phenoxy) is 2. The number of benzene rings is 1. The summed E-state index contributed by atoms with van der Waals surface area (Å²) in [7, 11) is 1.62. The van der Waals surface area contributed by atoms with Crippen LogP contribution in [-0.4, -0.2) is 39.8 Å². The first-order valence-electron chi connectivity index (χ1n) is 8.09.